The Kier molecular flexibility index (Phi) is 5.72. The molecule has 0 bridgehead atoms. The molecule has 0 aliphatic heterocycles. The van der Waals surface area contributed by atoms with Crippen LogP contribution in [0.15, 0.2) is 0 Å². The molecule has 0 rings (SSSR count). The molecular formula is C9H22N2O3S. The average molecular weight is 238 g/mol. The number of nitrogens with one attached hydrogen (secondary N) is 1. The molecular weight excluding hydrogens is 216 g/mol. The highest BCUT2D eigenvalue weighted by atomic mass is 32.2. The van der Waals surface area contributed by atoms with E-state index in [4.69, 9.17) is 0 Å². The molecule has 0 heterocycles. The van der Waals surface area contributed by atoms with Crippen molar-refractivity contribution in [2.75, 3.05) is 32.4 Å². The summed E-state index contributed by atoms with van der Waals surface area (Å²) in [6.45, 7) is 6.40. The molecule has 0 spiro atoms. The lowest BCUT2D eigenvalue weighted by molar-refractivity contribution is 0.0640. The van der Waals surface area contributed by atoms with Crippen molar-refractivity contribution in [2.24, 2.45) is 0 Å². The summed E-state index contributed by atoms with van der Waals surface area (Å²) in [4.78, 5) is 0. The highest BCUT2D eigenvalue weighted by molar-refractivity contribution is 7.89. The van der Waals surface area contributed by atoms with E-state index in [2.05, 4.69) is 5.32 Å². The van der Waals surface area contributed by atoms with Gasteiger partial charge in [0.25, 0.3) is 0 Å². The van der Waals surface area contributed by atoms with Gasteiger partial charge in [-0.05, 0) is 20.4 Å². The van der Waals surface area contributed by atoms with Crippen LogP contribution in [0.4, 0.5) is 0 Å². The topological polar surface area (TPSA) is 69.6 Å². The summed E-state index contributed by atoms with van der Waals surface area (Å²) in [5, 5.41) is 12.5. The van der Waals surface area contributed by atoms with E-state index in [1.165, 1.54) is 11.4 Å². The van der Waals surface area contributed by atoms with E-state index >= 15 is 0 Å². The number of aliphatic hydroxyl groups is 1. The predicted molar refractivity (Wildman–Crippen MR) is 61.3 cm³/mol. The van der Waals surface area contributed by atoms with Crippen LogP contribution in [0.3, 0.4) is 0 Å². The molecule has 0 aromatic carbocycles. The predicted octanol–water partition coefficient (Wildman–Crippen LogP) is -0.372. The fourth-order valence-corrected chi connectivity index (χ4v) is 2.40. The minimum absolute atomic E-state index is 0.0629. The zero-order valence-corrected chi connectivity index (χ0v) is 10.8. The lowest BCUT2D eigenvalue weighted by Gasteiger charge is -2.25. The maximum Gasteiger partial charge on any atom is 0.215 e. The Hall–Kier alpha value is -0.170. The Morgan fingerprint density at radius 2 is 1.93 bits per heavy atom. The van der Waals surface area contributed by atoms with Gasteiger partial charge in [0.2, 0.25) is 10.0 Å². The Morgan fingerprint density at radius 3 is 2.33 bits per heavy atom. The van der Waals surface area contributed by atoms with Crippen LogP contribution in [0.5, 0.6) is 0 Å². The molecule has 0 aromatic heterocycles. The third-order valence-electron chi connectivity index (χ3n) is 1.87. The van der Waals surface area contributed by atoms with Crippen molar-refractivity contribution in [1.82, 2.24) is 9.62 Å². The van der Waals surface area contributed by atoms with Crippen LogP contribution < -0.4 is 5.32 Å². The van der Waals surface area contributed by atoms with Crippen molar-refractivity contribution < 1.29 is 13.5 Å². The van der Waals surface area contributed by atoms with Gasteiger partial charge in [0, 0.05) is 20.1 Å². The van der Waals surface area contributed by atoms with Crippen LogP contribution in [0.1, 0.15) is 20.8 Å². The lowest BCUT2D eigenvalue weighted by atomic mass is 10.1. The van der Waals surface area contributed by atoms with Crippen LogP contribution in [0, 0.1) is 0 Å². The Bertz CT molecular complexity index is 270. The molecule has 0 fully saturated rings. The minimum atomic E-state index is -3.25. The second kappa shape index (κ2) is 5.79. The number of likely N-dealkylation sites (N-methyl/N-ethyl adjacent to an activating group) is 1. The van der Waals surface area contributed by atoms with Crippen molar-refractivity contribution in [1.29, 1.82) is 0 Å². The summed E-state index contributed by atoms with van der Waals surface area (Å²) < 4.78 is 24.5. The summed E-state index contributed by atoms with van der Waals surface area (Å²) in [7, 11) is -1.77. The molecule has 0 atom stereocenters. The van der Waals surface area contributed by atoms with Gasteiger partial charge in [-0.25, -0.2) is 12.7 Å². The Labute approximate surface area is 92.5 Å². The summed E-state index contributed by atoms with van der Waals surface area (Å²) >= 11 is 0. The fraction of sp³-hybridized carbons (Fsp3) is 1.00. The number of sulfonamides is 1. The molecule has 0 aliphatic rings. The van der Waals surface area contributed by atoms with E-state index in [0.29, 0.717) is 6.54 Å². The molecule has 0 radical (unpaired) electrons. The van der Waals surface area contributed by atoms with Crippen molar-refractivity contribution in [3.63, 3.8) is 0 Å². The molecule has 2 N–H and O–H groups in total. The van der Waals surface area contributed by atoms with Crippen LogP contribution in [-0.4, -0.2) is 55.9 Å². The molecule has 0 unspecified atom stereocenters. The van der Waals surface area contributed by atoms with Gasteiger partial charge in [0.05, 0.1) is 11.4 Å². The standard InChI is InChI=1S/C9H22N2O3S/c1-5-10-6-7-15(13,14)11(4)8-9(2,3)12/h10,12H,5-8H2,1-4H3. The highest BCUT2D eigenvalue weighted by Crippen LogP contribution is 2.07. The van der Waals surface area contributed by atoms with Crippen molar-refractivity contribution >= 4 is 10.0 Å². The van der Waals surface area contributed by atoms with Gasteiger partial charge in [0.15, 0.2) is 0 Å². The Balaban J connectivity index is 4.21. The average Bonchev–Trinajstić information content (AvgIpc) is 2.01. The maximum atomic E-state index is 11.7. The third kappa shape index (κ3) is 6.83. The van der Waals surface area contributed by atoms with Gasteiger partial charge in [0.1, 0.15) is 0 Å². The quantitative estimate of drug-likeness (QED) is 0.594. The summed E-state index contributed by atoms with van der Waals surface area (Å²) in [5.41, 5.74) is -1.000. The van der Waals surface area contributed by atoms with Crippen LogP contribution in [0.25, 0.3) is 0 Å². The second-order valence-corrected chi connectivity index (χ2v) is 6.43. The maximum absolute atomic E-state index is 11.7. The third-order valence-corrected chi connectivity index (χ3v) is 3.67. The summed E-state index contributed by atoms with van der Waals surface area (Å²) in [6, 6.07) is 0. The molecule has 92 valence electrons. The molecule has 5 nitrogen and oxygen atoms in total. The first kappa shape index (κ1) is 14.8. The van der Waals surface area contributed by atoms with Gasteiger partial charge >= 0.3 is 0 Å². The van der Waals surface area contributed by atoms with Crippen LogP contribution in [-0.2, 0) is 10.0 Å². The van der Waals surface area contributed by atoms with Gasteiger partial charge in [-0.2, -0.15) is 0 Å². The SMILES string of the molecule is CCNCCS(=O)(=O)N(C)CC(C)(C)O. The number of nitrogens with zero attached hydrogens (tertiary/aromatic N) is 1. The molecule has 0 saturated carbocycles. The van der Waals surface area contributed by atoms with E-state index in [1.54, 1.807) is 13.8 Å². The smallest absolute Gasteiger partial charge is 0.215 e. The van der Waals surface area contributed by atoms with Crippen LogP contribution >= 0.6 is 0 Å². The monoisotopic (exact) mass is 238 g/mol. The molecule has 0 aliphatic carbocycles. The van der Waals surface area contributed by atoms with E-state index in [1.807, 2.05) is 6.92 Å². The van der Waals surface area contributed by atoms with Crippen LogP contribution in [0.2, 0.25) is 0 Å². The first-order valence-electron chi connectivity index (χ1n) is 5.06. The van der Waals surface area contributed by atoms with Gasteiger partial charge in [-0.3, -0.25) is 0 Å². The highest BCUT2D eigenvalue weighted by Gasteiger charge is 2.23. The molecule has 0 amide bonds. The first-order valence-corrected chi connectivity index (χ1v) is 6.67. The van der Waals surface area contributed by atoms with Gasteiger partial charge < -0.3 is 10.4 Å². The Morgan fingerprint density at radius 1 is 1.40 bits per heavy atom. The van der Waals surface area contributed by atoms with E-state index in [0.717, 1.165) is 6.54 Å². The van der Waals surface area contributed by atoms with Crippen molar-refractivity contribution in [3.8, 4) is 0 Å². The van der Waals surface area contributed by atoms with Gasteiger partial charge in [-0.1, -0.05) is 6.92 Å². The zero-order valence-electron chi connectivity index (χ0n) is 9.95. The van der Waals surface area contributed by atoms with E-state index in [9.17, 15) is 13.5 Å². The van der Waals surface area contributed by atoms with Crippen molar-refractivity contribution in [3.05, 3.63) is 0 Å². The molecule has 0 saturated heterocycles. The second-order valence-electron chi connectivity index (χ2n) is 4.24. The zero-order chi connectivity index (χ0) is 12.1. The normalized spacial score (nSPS) is 13.5. The van der Waals surface area contributed by atoms with E-state index in [-0.39, 0.29) is 12.3 Å². The number of hydrogen-bond acceptors (Lipinski definition) is 4. The number of rotatable bonds is 7. The summed E-state index contributed by atoms with van der Waals surface area (Å²) in [6.07, 6.45) is 0. The first-order chi connectivity index (χ1) is 6.69. The minimum Gasteiger partial charge on any atom is -0.389 e. The molecule has 15 heavy (non-hydrogen) atoms. The summed E-state index contributed by atoms with van der Waals surface area (Å²) in [5.74, 6) is 0.0629. The largest absolute Gasteiger partial charge is 0.389 e. The fourth-order valence-electron chi connectivity index (χ4n) is 1.18. The molecule has 0 aromatic rings. The molecule has 6 heteroatoms. The van der Waals surface area contributed by atoms with Gasteiger partial charge in [-0.15, -0.1) is 0 Å². The van der Waals surface area contributed by atoms with E-state index < -0.39 is 15.6 Å². The lowest BCUT2D eigenvalue weighted by Crippen LogP contribution is -2.42. The van der Waals surface area contributed by atoms with Crippen molar-refractivity contribution in [2.45, 2.75) is 26.4 Å². The number of hydrogen-bond donors (Lipinski definition) is 2.